The Labute approximate surface area is 62.9 Å². The molecule has 1 saturated heterocycles. The van der Waals surface area contributed by atoms with Crippen LogP contribution in [0, 0.1) is 11.3 Å². The van der Waals surface area contributed by atoms with Gasteiger partial charge in [0.15, 0.2) is 5.72 Å². The highest BCUT2D eigenvalue weighted by Crippen LogP contribution is 2.44. The zero-order valence-electron chi connectivity index (χ0n) is 7.49. The van der Waals surface area contributed by atoms with Gasteiger partial charge in [-0.1, -0.05) is 34.6 Å². The molecule has 1 fully saturated rings. The van der Waals surface area contributed by atoms with Crippen molar-refractivity contribution in [2.75, 3.05) is 0 Å². The molecule has 0 radical (unpaired) electrons. The Kier molecular flexibility index (Phi) is 1.57. The van der Waals surface area contributed by atoms with E-state index in [-0.39, 0.29) is 11.1 Å². The normalized spacial score (nSPS) is 33.0. The van der Waals surface area contributed by atoms with E-state index in [1.54, 1.807) is 0 Å². The van der Waals surface area contributed by atoms with Crippen molar-refractivity contribution in [2.24, 2.45) is 11.3 Å². The first-order chi connectivity index (χ1) is 4.40. The Morgan fingerprint density at radius 2 is 1.70 bits per heavy atom. The maximum Gasteiger partial charge on any atom is 0.168 e. The lowest BCUT2D eigenvalue weighted by molar-refractivity contribution is 0.108. The summed E-state index contributed by atoms with van der Waals surface area (Å²) < 4.78 is 0. The van der Waals surface area contributed by atoms with Gasteiger partial charge in [-0.2, -0.15) is 5.48 Å². The molecule has 0 aliphatic carbocycles. The van der Waals surface area contributed by atoms with Gasteiger partial charge in [-0.25, -0.2) is 0 Å². The third-order valence-electron chi connectivity index (χ3n) is 2.25. The molecule has 0 aromatic rings. The summed E-state index contributed by atoms with van der Waals surface area (Å²) in [5.41, 5.74) is 3.12. The van der Waals surface area contributed by atoms with Crippen LogP contribution in [0.2, 0.25) is 0 Å². The summed E-state index contributed by atoms with van der Waals surface area (Å²) in [6, 6.07) is 0. The summed E-state index contributed by atoms with van der Waals surface area (Å²) in [6.07, 6.45) is 0. The van der Waals surface area contributed by atoms with Gasteiger partial charge >= 0.3 is 0 Å². The largest absolute Gasteiger partial charge is 0.274 e. The van der Waals surface area contributed by atoms with E-state index in [9.17, 15) is 0 Å². The van der Waals surface area contributed by atoms with E-state index in [1.807, 2.05) is 0 Å². The van der Waals surface area contributed by atoms with Crippen molar-refractivity contribution in [3.8, 4) is 0 Å². The summed E-state index contributed by atoms with van der Waals surface area (Å²) in [6.45, 7) is 10.9. The van der Waals surface area contributed by atoms with Crippen molar-refractivity contribution < 1.29 is 4.84 Å². The molecule has 0 saturated carbocycles. The molecule has 2 heteroatoms. The average Bonchev–Trinajstić information content (AvgIpc) is 2.36. The van der Waals surface area contributed by atoms with Gasteiger partial charge in [0.2, 0.25) is 0 Å². The monoisotopic (exact) mass is 143 g/mol. The molecule has 1 rings (SSSR count). The summed E-state index contributed by atoms with van der Waals surface area (Å²) >= 11 is 0. The molecule has 1 aliphatic rings. The van der Waals surface area contributed by atoms with E-state index >= 15 is 0 Å². The number of hydrogen-bond acceptors (Lipinski definition) is 2. The van der Waals surface area contributed by atoms with Crippen LogP contribution in [0.3, 0.4) is 0 Å². The molecule has 1 unspecified atom stereocenters. The SMILES string of the molecule is CC(C)C1(C(C)(C)C)NO1. The van der Waals surface area contributed by atoms with Gasteiger partial charge in [0, 0.05) is 11.3 Å². The number of hydrogen-bond donors (Lipinski definition) is 1. The fraction of sp³-hybridized carbons (Fsp3) is 1.00. The summed E-state index contributed by atoms with van der Waals surface area (Å²) in [5.74, 6) is 0.535. The van der Waals surface area contributed by atoms with Crippen molar-refractivity contribution in [3.63, 3.8) is 0 Å². The van der Waals surface area contributed by atoms with Crippen LogP contribution in [0.5, 0.6) is 0 Å². The Morgan fingerprint density at radius 1 is 1.30 bits per heavy atom. The highest BCUT2D eigenvalue weighted by Gasteiger charge is 2.56. The Hall–Kier alpha value is -0.0800. The lowest BCUT2D eigenvalue weighted by atomic mass is 9.79. The van der Waals surface area contributed by atoms with Crippen LogP contribution in [0.4, 0.5) is 0 Å². The molecule has 0 aromatic carbocycles. The Balaban J connectivity index is 2.70. The first-order valence-electron chi connectivity index (χ1n) is 3.85. The van der Waals surface area contributed by atoms with Crippen LogP contribution in [0.25, 0.3) is 0 Å². The van der Waals surface area contributed by atoms with E-state index in [1.165, 1.54) is 0 Å². The highest BCUT2D eigenvalue weighted by molar-refractivity contribution is 4.97. The van der Waals surface area contributed by atoms with Crippen LogP contribution >= 0.6 is 0 Å². The second kappa shape index (κ2) is 1.95. The molecule has 0 aromatic heterocycles. The maximum absolute atomic E-state index is 5.27. The first kappa shape index (κ1) is 8.02. The van der Waals surface area contributed by atoms with E-state index in [4.69, 9.17) is 4.84 Å². The van der Waals surface area contributed by atoms with Crippen molar-refractivity contribution >= 4 is 0 Å². The predicted molar refractivity (Wildman–Crippen MR) is 41.2 cm³/mol. The molecule has 60 valence electrons. The van der Waals surface area contributed by atoms with Crippen molar-refractivity contribution in [2.45, 2.75) is 40.3 Å². The fourth-order valence-electron chi connectivity index (χ4n) is 1.46. The quantitative estimate of drug-likeness (QED) is 0.569. The zero-order chi connectivity index (χ0) is 7.99. The number of hydroxylamine groups is 1. The molecule has 2 nitrogen and oxygen atoms in total. The minimum Gasteiger partial charge on any atom is -0.274 e. The predicted octanol–water partition coefficient (Wildman–Crippen LogP) is 1.92. The van der Waals surface area contributed by atoms with Gasteiger partial charge in [0.25, 0.3) is 0 Å². The van der Waals surface area contributed by atoms with Crippen molar-refractivity contribution in [1.29, 1.82) is 0 Å². The summed E-state index contributed by atoms with van der Waals surface area (Å²) in [4.78, 5) is 5.27. The lowest BCUT2D eigenvalue weighted by Gasteiger charge is -2.28. The van der Waals surface area contributed by atoms with Gasteiger partial charge in [-0.15, -0.1) is 0 Å². The smallest absolute Gasteiger partial charge is 0.168 e. The number of rotatable bonds is 1. The third-order valence-corrected chi connectivity index (χ3v) is 2.25. The van der Waals surface area contributed by atoms with Crippen molar-refractivity contribution in [1.82, 2.24) is 5.48 Å². The molecule has 1 N–H and O–H groups in total. The standard InChI is InChI=1S/C8H17NO/c1-6(2)8(9-10-8)7(3,4)5/h6,9H,1-5H3. The van der Waals surface area contributed by atoms with Gasteiger partial charge in [0.1, 0.15) is 0 Å². The molecule has 0 spiro atoms. The molecule has 10 heavy (non-hydrogen) atoms. The molecular formula is C8H17NO. The molecule has 0 bridgehead atoms. The van der Waals surface area contributed by atoms with Gasteiger partial charge in [-0.3, -0.25) is 4.84 Å². The topological polar surface area (TPSA) is 34.5 Å². The van der Waals surface area contributed by atoms with Crippen LogP contribution < -0.4 is 5.48 Å². The Bertz CT molecular complexity index is 131. The van der Waals surface area contributed by atoms with Crippen LogP contribution in [0.1, 0.15) is 34.6 Å². The molecule has 1 atom stereocenters. The van der Waals surface area contributed by atoms with E-state index in [2.05, 4.69) is 40.1 Å². The van der Waals surface area contributed by atoms with Gasteiger partial charge < -0.3 is 0 Å². The molecule has 1 aliphatic heterocycles. The van der Waals surface area contributed by atoms with E-state index in [0.717, 1.165) is 0 Å². The summed E-state index contributed by atoms with van der Waals surface area (Å²) in [7, 11) is 0. The number of nitrogens with one attached hydrogen (secondary N) is 1. The third kappa shape index (κ3) is 0.956. The van der Waals surface area contributed by atoms with Crippen LogP contribution in [-0.4, -0.2) is 5.72 Å². The van der Waals surface area contributed by atoms with Gasteiger partial charge in [0.05, 0.1) is 0 Å². The average molecular weight is 143 g/mol. The van der Waals surface area contributed by atoms with Crippen LogP contribution in [-0.2, 0) is 4.84 Å². The zero-order valence-corrected chi connectivity index (χ0v) is 7.49. The Morgan fingerprint density at radius 3 is 1.70 bits per heavy atom. The summed E-state index contributed by atoms with van der Waals surface area (Å²) in [5, 5.41) is 0. The molecule has 1 heterocycles. The minimum atomic E-state index is -0.0625. The minimum absolute atomic E-state index is 0.0625. The second-order valence-electron chi connectivity index (χ2n) is 4.34. The maximum atomic E-state index is 5.27. The fourth-order valence-corrected chi connectivity index (χ4v) is 1.46. The second-order valence-corrected chi connectivity index (χ2v) is 4.34. The van der Waals surface area contributed by atoms with Crippen LogP contribution in [0.15, 0.2) is 0 Å². The van der Waals surface area contributed by atoms with Crippen molar-refractivity contribution in [3.05, 3.63) is 0 Å². The molecular weight excluding hydrogens is 126 g/mol. The van der Waals surface area contributed by atoms with E-state index < -0.39 is 0 Å². The van der Waals surface area contributed by atoms with Gasteiger partial charge in [-0.05, 0) is 0 Å². The molecule has 0 amide bonds. The lowest BCUT2D eigenvalue weighted by Crippen LogP contribution is -2.37. The van der Waals surface area contributed by atoms with E-state index in [0.29, 0.717) is 5.92 Å². The first-order valence-corrected chi connectivity index (χ1v) is 3.85. The highest BCUT2D eigenvalue weighted by atomic mass is 16.8.